The molecule has 2 aromatic rings. The van der Waals surface area contributed by atoms with Gasteiger partial charge in [-0.2, -0.15) is 0 Å². The fourth-order valence-electron chi connectivity index (χ4n) is 2.39. The highest BCUT2D eigenvalue weighted by Gasteiger charge is 2.19. The van der Waals surface area contributed by atoms with Crippen molar-refractivity contribution in [2.45, 2.75) is 19.4 Å². The van der Waals surface area contributed by atoms with E-state index in [4.69, 9.17) is 5.73 Å². The van der Waals surface area contributed by atoms with Crippen molar-refractivity contribution >= 4 is 16.8 Å². The quantitative estimate of drug-likeness (QED) is 0.818. The van der Waals surface area contributed by atoms with Gasteiger partial charge in [-0.3, -0.25) is 4.79 Å². The first-order valence-electron chi connectivity index (χ1n) is 6.69. The summed E-state index contributed by atoms with van der Waals surface area (Å²) in [6, 6.07) is 7.49. The first-order valence-corrected chi connectivity index (χ1v) is 6.69. The van der Waals surface area contributed by atoms with Crippen molar-refractivity contribution in [2.75, 3.05) is 13.6 Å². The predicted octanol–water partition coefficient (Wildman–Crippen LogP) is 2.07. The molecule has 0 radical (unpaired) electrons. The molecule has 20 heavy (non-hydrogen) atoms. The van der Waals surface area contributed by atoms with Crippen LogP contribution in [0.25, 0.3) is 10.9 Å². The standard InChI is InChI=1S/C16H21N3O/c1-11(2)10-19(3)16(20)14(17)8-12-9-18-15-7-5-4-6-13(12)15/h4-7,9,14,18H,1,8,10,17H2,2-3H3. The third-order valence-electron chi connectivity index (χ3n) is 3.32. The lowest BCUT2D eigenvalue weighted by atomic mass is 10.0. The Bertz CT molecular complexity index is 629. The summed E-state index contributed by atoms with van der Waals surface area (Å²) in [4.78, 5) is 17.0. The fourth-order valence-corrected chi connectivity index (χ4v) is 2.39. The minimum absolute atomic E-state index is 0.0571. The number of carbonyl (C=O) groups excluding carboxylic acids is 1. The van der Waals surface area contributed by atoms with E-state index in [0.29, 0.717) is 13.0 Å². The highest BCUT2D eigenvalue weighted by molar-refractivity contribution is 5.86. The van der Waals surface area contributed by atoms with Crippen LogP contribution in [-0.2, 0) is 11.2 Å². The number of benzene rings is 1. The van der Waals surface area contributed by atoms with Crippen LogP contribution < -0.4 is 5.73 Å². The molecule has 3 N–H and O–H groups in total. The van der Waals surface area contributed by atoms with Crippen LogP contribution in [0, 0.1) is 0 Å². The van der Waals surface area contributed by atoms with Gasteiger partial charge in [0.1, 0.15) is 0 Å². The smallest absolute Gasteiger partial charge is 0.239 e. The molecule has 0 aliphatic rings. The van der Waals surface area contributed by atoms with Crippen LogP contribution in [0.3, 0.4) is 0 Å². The third-order valence-corrected chi connectivity index (χ3v) is 3.32. The third kappa shape index (κ3) is 3.08. The molecule has 0 saturated carbocycles. The maximum Gasteiger partial charge on any atom is 0.239 e. The Morgan fingerprint density at radius 1 is 1.45 bits per heavy atom. The minimum Gasteiger partial charge on any atom is -0.361 e. The van der Waals surface area contributed by atoms with Crippen LogP contribution in [0.4, 0.5) is 0 Å². The topological polar surface area (TPSA) is 62.1 Å². The van der Waals surface area contributed by atoms with Gasteiger partial charge in [-0.15, -0.1) is 0 Å². The van der Waals surface area contributed by atoms with Gasteiger partial charge in [0.15, 0.2) is 0 Å². The van der Waals surface area contributed by atoms with Gasteiger partial charge in [0, 0.05) is 30.7 Å². The Kier molecular flexibility index (Phi) is 4.25. The highest BCUT2D eigenvalue weighted by Crippen LogP contribution is 2.19. The van der Waals surface area contributed by atoms with E-state index in [9.17, 15) is 4.79 Å². The highest BCUT2D eigenvalue weighted by atomic mass is 16.2. The zero-order chi connectivity index (χ0) is 14.7. The predicted molar refractivity (Wildman–Crippen MR) is 82.4 cm³/mol. The van der Waals surface area contributed by atoms with E-state index in [1.165, 1.54) is 0 Å². The molecule has 1 aromatic heterocycles. The normalized spacial score (nSPS) is 12.3. The summed E-state index contributed by atoms with van der Waals surface area (Å²) in [6.07, 6.45) is 2.46. The number of aromatic amines is 1. The van der Waals surface area contributed by atoms with Gasteiger partial charge in [0.05, 0.1) is 6.04 Å². The van der Waals surface area contributed by atoms with Crippen LogP contribution in [0.15, 0.2) is 42.6 Å². The Morgan fingerprint density at radius 3 is 2.85 bits per heavy atom. The zero-order valence-electron chi connectivity index (χ0n) is 12.0. The molecule has 1 aromatic carbocycles. The largest absolute Gasteiger partial charge is 0.361 e. The van der Waals surface area contributed by atoms with Crippen molar-refractivity contribution < 1.29 is 4.79 Å². The summed E-state index contributed by atoms with van der Waals surface area (Å²) in [5.74, 6) is -0.0571. The number of hydrogen-bond acceptors (Lipinski definition) is 2. The Hall–Kier alpha value is -2.07. The number of fused-ring (bicyclic) bond motifs is 1. The lowest BCUT2D eigenvalue weighted by Gasteiger charge is -2.21. The molecule has 0 bridgehead atoms. The average Bonchev–Trinajstić information content (AvgIpc) is 2.80. The Morgan fingerprint density at radius 2 is 2.15 bits per heavy atom. The number of amides is 1. The number of aromatic nitrogens is 1. The molecule has 0 aliphatic carbocycles. The average molecular weight is 271 g/mol. The molecular weight excluding hydrogens is 250 g/mol. The van der Waals surface area contributed by atoms with Gasteiger partial charge in [0.25, 0.3) is 0 Å². The van der Waals surface area contributed by atoms with E-state index in [2.05, 4.69) is 11.6 Å². The van der Waals surface area contributed by atoms with Crippen molar-refractivity contribution in [1.29, 1.82) is 0 Å². The number of H-pyrrole nitrogens is 1. The first-order chi connectivity index (χ1) is 9.49. The molecule has 0 fully saturated rings. The number of rotatable bonds is 5. The molecule has 1 heterocycles. The van der Waals surface area contributed by atoms with Crippen LogP contribution >= 0.6 is 0 Å². The maximum absolute atomic E-state index is 12.2. The number of nitrogens with two attached hydrogens (primary N) is 1. The molecule has 2 rings (SSSR count). The van der Waals surface area contributed by atoms with Gasteiger partial charge in [-0.25, -0.2) is 0 Å². The Balaban J connectivity index is 2.09. The van der Waals surface area contributed by atoms with Gasteiger partial charge in [0.2, 0.25) is 5.91 Å². The van der Waals surface area contributed by atoms with E-state index in [-0.39, 0.29) is 5.91 Å². The molecule has 1 unspecified atom stereocenters. The first kappa shape index (κ1) is 14.3. The van der Waals surface area contributed by atoms with Crippen molar-refractivity contribution in [3.63, 3.8) is 0 Å². The number of hydrogen-bond donors (Lipinski definition) is 2. The second-order valence-electron chi connectivity index (χ2n) is 5.32. The minimum atomic E-state index is -0.529. The number of para-hydroxylation sites is 1. The van der Waals surface area contributed by atoms with Gasteiger partial charge >= 0.3 is 0 Å². The number of nitrogens with zero attached hydrogens (tertiary/aromatic N) is 1. The molecule has 0 saturated heterocycles. The number of nitrogens with one attached hydrogen (secondary N) is 1. The molecule has 1 amide bonds. The van der Waals surface area contributed by atoms with E-state index in [1.54, 1.807) is 11.9 Å². The summed E-state index contributed by atoms with van der Waals surface area (Å²) in [5.41, 5.74) is 9.13. The SMILES string of the molecule is C=C(C)CN(C)C(=O)C(N)Cc1c[nH]c2ccccc12. The van der Waals surface area contributed by atoms with E-state index < -0.39 is 6.04 Å². The lowest BCUT2D eigenvalue weighted by Crippen LogP contribution is -2.43. The van der Waals surface area contributed by atoms with Gasteiger partial charge in [-0.1, -0.05) is 30.4 Å². The lowest BCUT2D eigenvalue weighted by molar-refractivity contribution is -0.130. The molecule has 1 atom stereocenters. The second-order valence-corrected chi connectivity index (χ2v) is 5.32. The van der Waals surface area contributed by atoms with Crippen molar-refractivity contribution in [3.05, 3.63) is 48.2 Å². The van der Waals surface area contributed by atoms with Crippen molar-refractivity contribution in [1.82, 2.24) is 9.88 Å². The second kappa shape index (κ2) is 5.92. The summed E-state index contributed by atoms with van der Waals surface area (Å²) < 4.78 is 0. The van der Waals surface area contributed by atoms with Crippen molar-refractivity contribution in [3.8, 4) is 0 Å². The summed E-state index contributed by atoms with van der Waals surface area (Å²) in [5, 5.41) is 1.12. The monoisotopic (exact) mass is 271 g/mol. The molecule has 106 valence electrons. The van der Waals surface area contributed by atoms with E-state index >= 15 is 0 Å². The van der Waals surface area contributed by atoms with Crippen LogP contribution in [0.5, 0.6) is 0 Å². The van der Waals surface area contributed by atoms with Crippen LogP contribution in [-0.4, -0.2) is 35.4 Å². The van der Waals surface area contributed by atoms with Crippen molar-refractivity contribution in [2.24, 2.45) is 5.73 Å². The zero-order valence-corrected chi connectivity index (χ0v) is 12.0. The Labute approximate surface area is 119 Å². The molecular formula is C16H21N3O. The molecule has 4 nitrogen and oxygen atoms in total. The van der Waals surface area contributed by atoms with E-state index in [0.717, 1.165) is 22.0 Å². The van der Waals surface area contributed by atoms with Gasteiger partial charge < -0.3 is 15.6 Å². The summed E-state index contributed by atoms with van der Waals surface area (Å²) in [7, 11) is 1.76. The molecule has 0 aliphatic heterocycles. The fraction of sp³-hybridized carbons (Fsp3) is 0.312. The van der Waals surface area contributed by atoms with Gasteiger partial charge in [-0.05, 0) is 25.0 Å². The molecule has 4 heteroatoms. The summed E-state index contributed by atoms with van der Waals surface area (Å²) >= 11 is 0. The number of carbonyl (C=O) groups is 1. The van der Waals surface area contributed by atoms with Crippen LogP contribution in [0.1, 0.15) is 12.5 Å². The van der Waals surface area contributed by atoms with E-state index in [1.807, 2.05) is 37.4 Å². The van der Waals surface area contributed by atoms with Crippen LogP contribution in [0.2, 0.25) is 0 Å². The maximum atomic E-state index is 12.2. The number of likely N-dealkylation sites (N-methyl/N-ethyl adjacent to an activating group) is 1. The molecule has 0 spiro atoms. The summed E-state index contributed by atoms with van der Waals surface area (Å²) in [6.45, 7) is 6.25.